The van der Waals surface area contributed by atoms with E-state index in [4.69, 9.17) is 0 Å². The summed E-state index contributed by atoms with van der Waals surface area (Å²) in [5.74, 6) is 2.46. The molecule has 3 aliphatic rings. The van der Waals surface area contributed by atoms with Gasteiger partial charge in [-0.3, -0.25) is 4.79 Å². The molecule has 4 rings (SSSR count). The van der Waals surface area contributed by atoms with E-state index in [1.54, 1.807) is 11.1 Å². The van der Waals surface area contributed by atoms with Crippen LogP contribution in [0.3, 0.4) is 0 Å². The van der Waals surface area contributed by atoms with E-state index in [1.165, 1.54) is 24.8 Å². The number of ketones is 1. The minimum atomic E-state index is -0.0580. The third-order valence-corrected chi connectivity index (χ3v) is 7.37. The van der Waals surface area contributed by atoms with E-state index in [1.807, 2.05) is 0 Å². The Bertz CT molecular complexity index is 608. The number of benzene rings is 1. The highest BCUT2D eigenvalue weighted by Gasteiger charge is 2.57. The van der Waals surface area contributed by atoms with Gasteiger partial charge in [-0.25, -0.2) is 0 Å². The molecule has 0 aliphatic heterocycles. The van der Waals surface area contributed by atoms with Crippen LogP contribution in [0, 0.1) is 24.2 Å². The number of Topliss-reactive ketones (excluding diaryl/α,β-unsaturated/α-hetero) is 1. The average Bonchev–Trinajstić information content (AvgIpc) is 2.70. The Labute approximate surface area is 135 Å². The highest BCUT2D eigenvalue weighted by Crippen LogP contribution is 2.60. The molecule has 0 saturated heterocycles. The monoisotopic (exact) mass is 346 g/mol. The van der Waals surface area contributed by atoms with E-state index in [0.717, 1.165) is 12.8 Å². The Morgan fingerprint density at radius 1 is 1.29 bits per heavy atom. The second-order valence-electron chi connectivity index (χ2n) is 7.64. The van der Waals surface area contributed by atoms with Gasteiger partial charge in [-0.15, -0.1) is 0 Å². The minimum absolute atomic E-state index is 0.0580. The molecule has 0 aromatic heterocycles. The van der Waals surface area contributed by atoms with Crippen LogP contribution in [0.4, 0.5) is 0 Å². The van der Waals surface area contributed by atoms with Gasteiger partial charge in [0, 0.05) is 5.41 Å². The van der Waals surface area contributed by atoms with Gasteiger partial charge in [-0.05, 0) is 67.9 Å². The number of carbonyl (C=O) groups is 1. The Morgan fingerprint density at radius 2 is 2.10 bits per heavy atom. The zero-order valence-electron chi connectivity index (χ0n) is 12.9. The fourth-order valence-electron chi connectivity index (χ4n) is 5.46. The van der Waals surface area contributed by atoms with Crippen molar-refractivity contribution >= 4 is 21.7 Å². The molecule has 3 aliphatic carbocycles. The molecule has 2 heteroatoms. The molecule has 1 aromatic carbocycles. The van der Waals surface area contributed by atoms with Crippen LogP contribution in [-0.4, -0.2) is 10.6 Å². The number of halogens is 1. The quantitative estimate of drug-likeness (QED) is 0.617. The van der Waals surface area contributed by atoms with Crippen LogP contribution in [0.2, 0.25) is 0 Å². The Kier molecular flexibility index (Phi) is 3.12. The average molecular weight is 347 g/mol. The summed E-state index contributed by atoms with van der Waals surface area (Å²) in [5, 5.41) is 0. The van der Waals surface area contributed by atoms with E-state index >= 15 is 0 Å². The molecule has 0 N–H and O–H groups in total. The summed E-state index contributed by atoms with van der Waals surface area (Å²) in [4.78, 5) is 12.7. The van der Waals surface area contributed by atoms with Gasteiger partial charge in [0.25, 0.3) is 0 Å². The van der Waals surface area contributed by atoms with Crippen molar-refractivity contribution < 1.29 is 4.79 Å². The van der Waals surface area contributed by atoms with Crippen LogP contribution in [-0.2, 0) is 11.2 Å². The van der Waals surface area contributed by atoms with Crippen molar-refractivity contribution in [3.63, 3.8) is 0 Å². The van der Waals surface area contributed by atoms with Crippen LogP contribution in [0.15, 0.2) is 18.2 Å². The van der Waals surface area contributed by atoms with Gasteiger partial charge < -0.3 is 0 Å². The van der Waals surface area contributed by atoms with E-state index in [0.29, 0.717) is 23.5 Å². The first-order valence-corrected chi connectivity index (χ1v) is 9.20. The molecule has 0 spiro atoms. The summed E-state index contributed by atoms with van der Waals surface area (Å²) in [6, 6.07) is 7.01. The number of fused-ring (bicyclic) bond motifs is 5. The maximum atomic E-state index is 12.6. The van der Waals surface area contributed by atoms with Crippen LogP contribution >= 0.6 is 15.9 Å². The second kappa shape index (κ2) is 4.68. The molecule has 0 radical (unpaired) electrons. The molecule has 2 saturated carbocycles. The SMILES string of the molecule is Cc1ccc2c(c1)CCC1C2CC[C@]2(C)C(=O)C(Br)CC12. The first kappa shape index (κ1) is 14.0. The molecular formula is C19H23BrO. The summed E-state index contributed by atoms with van der Waals surface area (Å²) in [7, 11) is 0. The van der Waals surface area contributed by atoms with Crippen LogP contribution in [0.5, 0.6) is 0 Å². The number of hydrogen-bond donors (Lipinski definition) is 0. The third kappa shape index (κ3) is 1.91. The molecule has 0 amide bonds. The summed E-state index contributed by atoms with van der Waals surface area (Å²) >= 11 is 3.64. The minimum Gasteiger partial charge on any atom is -0.298 e. The summed E-state index contributed by atoms with van der Waals surface area (Å²) < 4.78 is 0. The Balaban J connectivity index is 1.73. The predicted octanol–water partition coefficient (Wildman–Crippen LogP) is 4.79. The van der Waals surface area contributed by atoms with Crippen molar-refractivity contribution in [3.8, 4) is 0 Å². The third-order valence-electron chi connectivity index (χ3n) is 6.58. The number of alkyl halides is 1. The molecule has 1 aromatic rings. The van der Waals surface area contributed by atoms with Gasteiger partial charge in [0.05, 0.1) is 4.83 Å². The standard InChI is InChI=1S/C19H23BrO/c1-11-3-5-13-12(9-11)4-6-15-14(13)7-8-19(2)16(15)10-17(20)18(19)21/h3,5,9,14-17H,4,6-8,10H2,1-2H3/t14?,15?,16?,17?,19-/m0/s1. The Hall–Kier alpha value is -0.630. The van der Waals surface area contributed by atoms with Crippen LogP contribution in [0.25, 0.3) is 0 Å². The van der Waals surface area contributed by atoms with Crippen molar-refractivity contribution in [2.75, 3.05) is 0 Å². The second-order valence-corrected chi connectivity index (χ2v) is 8.75. The van der Waals surface area contributed by atoms with Gasteiger partial charge in [0.1, 0.15) is 0 Å². The maximum Gasteiger partial charge on any atom is 0.152 e. The number of aryl methyl sites for hydroxylation is 2. The van der Waals surface area contributed by atoms with Crippen LogP contribution < -0.4 is 0 Å². The van der Waals surface area contributed by atoms with Crippen molar-refractivity contribution in [2.45, 2.75) is 56.7 Å². The molecule has 1 nitrogen and oxygen atoms in total. The summed E-state index contributed by atoms with van der Waals surface area (Å²) in [5.41, 5.74) is 4.48. The van der Waals surface area contributed by atoms with Gasteiger partial charge in [0.2, 0.25) is 0 Å². The van der Waals surface area contributed by atoms with Crippen molar-refractivity contribution in [1.82, 2.24) is 0 Å². The molecule has 112 valence electrons. The Morgan fingerprint density at radius 3 is 2.90 bits per heavy atom. The van der Waals surface area contributed by atoms with Crippen molar-refractivity contribution in [2.24, 2.45) is 17.3 Å². The van der Waals surface area contributed by atoms with E-state index < -0.39 is 0 Å². The molecule has 0 bridgehead atoms. The number of carbonyl (C=O) groups excluding carboxylic acids is 1. The summed E-state index contributed by atoms with van der Waals surface area (Å²) in [6.45, 7) is 4.43. The van der Waals surface area contributed by atoms with E-state index in [-0.39, 0.29) is 10.2 Å². The van der Waals surface area contributed by atoms with E-state index in [2.05, 4.69) is 48.0 Å². The van der Waals surface area contributed by atoms with Crippen molar-refractivity contribution in [1.29, 1.82) is 0 Å². The number of hydrogen-bond acceptors (Lipinski definition) is 1. The first-order valence-electron chi connectivity index (χ1n) is 8.28. The summed E-state index contributed by atoms with van der Waals surface area (Å²) in [6.07, 6.45) is 5.80. The van der Waals surface area contributed by atoms with Gasteiger partial charge in [-0.2, -0.15) is 0 Å². The zero-order valence-corrected chi connectivity index (χ0v) is 14.4. The van der Waals surface area contributed by atoms with E-state index in [9.17, 15) is 4.79 Å². The largest absolute Gasteiger partial charge is 0.298 e. The fourth-order valence-corrected chi connectivity index (χ4v) is 6.39. The fraction of sp³-hybridized carbons (Fsp3) is 0.632. The van der Waals surface area contributed by atoms with Gasteiger partial charge in [0.15, 0.2) is 5.78 Å². The van der Waals surface area contributed by atoms with Crippen molar-refractivity contribution in [3.05, 3.63) is 34.9 Å². The molecule has 2 fully saturated rings. The lowest BCUT2D eigenvalue weighted by molar-refractivity contribution is -0.128. The van der Waals surface area contributed by atoms with Gasteiger partial charge in [-0.1, -0.05) is 46.6 Å². The normalized spacial score (nSPS) is 41.4. The highest BCUT2D eigenvalue weighted by molar-refractivity contribution is 9.10. The lowest BCUT2D eigenvalue weighted by Crippen LogP contribution is -2.42. The molecule has 0 heterocycles. The molecule has 4 unspecified atom stereocenters. The molecule has 21 heavy (non-hydrogen) atoms. The van der Waals surface area contributed by atoms with Crippen LogP contribution in [0.1, 0.15) is 55.2 Å². The maximum absolute atomic E-state index is 12.6. The molecular weight excluding hydrogens is 324 g/mol. The highest BCUT2D eigenvalue weighted by atomic mass is 79.9. The predicted molar refractivity (Wildman–Crippen MR) is 88.9 cm³/mol. The topological polar surface area (TPSA) is 17.1 Å². The van der Waals surface area contributed by atoms with Gasteiger partial charge >= 0.3 is 0 Å². The molecule has 5 atom stereocenters. The smallest absolute Gasteiger partial charge is 0.152 e. The zero-order chi connectivity index (χ0) is 14.8. The lowest BCUT2D eigenvalue weighted by atomic mass is 9.55. The first-order chi connectivity index (χ1) is 10.0. The lowest BCUT2D eigenvalue weighted by Gasteiger charge is -2.48. The number of rotatable bonds is 0.